The lowest BCUT2D eigenvalue weighted by molar-refractivity contribution is 0.413. The van der Waals surface area contributed by atoms with Gasteiger partial charge in [-0.15, -0.1) is 11.3 Å². The Morgan fingerprint density at radius 1 is 1.48 bits per heavy atom. The third kappa shape index (κ3) is 5.57. The molecule has 3 unspecified atom stereocenters. The second-order valence-corrected chi connectivity index (χ2v) is 9.00. The molecule has 1 fully saturated rings. The van der Waals surface area contributed by atoms with Gasteiger partial charge in [-0.25, -0.2) is 4.98 Å². The maximum Gasteiger partial charge on any atom is 0.191 e. The van der Waals surface area contributed by atoms with Crippen LogP contribution >= 0.6 is 11.3 Å². The molecule has 7 heteroatoms. The van der Waals surface area contributed by atoms with Crippen molar-refractivity contribution in [1.82, 2.24) is 15.6 Å². The minimum Gasteiger partial charge on any atom is -0.354 e. The predicted molar refractivity (Wildman–Crippen MR) is 99.6 cm³/mol. The molecule has 2 N–H and O–H groups in total. The fourth-order valence-corrected chi connectivity index (χ4v) is 5.04. The molecule has 0 amide bonds. The van der Waals surface area contributed by atoms with Crippen molar-refractivity contribution < 1.29 is 4.21 Å². The van der Waals surface area contributed by atoms with Gasteiger partial charge in [0.15, 0.2) is 5.96 Å². The number of hydrogen-bond acceptors (Lipinski definition) is 4. The van der Waals surface area contributed by atoms with E-state index in [1.165, 1.54) is 4.88 Å². The van der Waals surface area contributed by atoms with E-state index in [1.807, 2.05) is 13.1 Å². The van der Waals surface area contributed by atoms with Gasteiger partial charge in [0, 0.05) is 46.0 Å². The molecule has 0 aliphatic heterocycles. The molecule has 0 aromatic carbocycles. The van der Waals surface area contributed by atoms with Crippen LogP contribution in [0.1, 0.15) is 49.4 Å². The molecule has 2 rings (SSSR count). The maximum atomic E-state index is 12.0. The first-order valence-corrected chi connectivity index (χ1v) is 10.6. The predicted octanol–water partition coefficient (Wildman–Crippen LogP) is 2.45. The maximum absolute atomic E-state index is 12.0. The third-order valence-electron chi connectivity index (χ3n) is 4.20. The number of hydrogen-bond donors (Lipinski definition) is 2. The van der Waals surface area contributed by atoms with Gasteiger partial charge < -0.3 is 10.6 Å². The molecule has 130 valence electrons. The second kappa shape index (κ2) is 9.37. The summed E-state index contributed by atoms with van der Waals surface area (Å²) in [6.45, 7) is 4.85. The Morgan fingerprint density at radius 2 is 2.30 bits per heavy atom. The van der Waals surface area contributed by atoms with E-state index in [1.54, 1.807) is 18.4 Å². The van der Waals surface area contributed by atoms with Crippen molar-refractivity contribution in [3.63, 3.8) is 0 Å². The molecule has 5 nitrogen and oxygen atoms in total. The quantitative estimate of drug-likeness (QED) is 0.607. The van der Waals surface area contributed by atoms with Gasteiger partial charge in [-0.1, -0.05) is 20.3 Å². The molecule has 0 saturated heterocycles. The average molecular weight is 357 g/mol. The van der Waals surface area contributed by atoms with Crippen LogP contribution in [0.3, 0.4) is 0 Å². The molecule has 0 spiro atoms. The summed E-state index contributed by atoms with van der Waals surface area (Å²) in [6, 6.07) is 0.359. The van der Waals surface area contributed by atoms with Crippen LogP contribution in [0.15, 0.2) is 11.2 Å². The number of aromatic nitrogens is 1. The first-order chi connectivity index (χ1) is 11.2. The minimum absolute atomic E-state index is 0.329. The van der Waals surface area contributed by atoms with Gasteiger partial charge in [0.05, 0.1) is 6.54 Å². The highest BCUT2D eigenvalue weighted by atomic mass is 32.2. The Labute approximate surface area is 145 Å². The zero-order valence-electron chi connectivity index (χ0n) is 14.3. The van der Waals surface area contributed by atoms with Crippen molar-refractivity contribution in [2.24, 2.45) is 4.99 Å². The standard InChI is InChI=1S/C16H28N4OS2/c1-4-13-10-18-15(22-13)11-19-16(17-3)20-12-7-6-8-14(9-12)23(21)5-2/h10,12,14H,4-9,11H2,1-3H3,(H2,17,19,20). The van der Waals surface area contributed by atoms with Crippen molar-refractivity contribution in [2.75, 3.05) is 12.8 Å². The van der Waals surface area contributed by atoms with Crippen LogP contribution in [0.4, 0.5) is 0 Å². The van der Waals surface area contributed by atoms with Gasteiger partial charge in [-0.3, -0.25) is 9.20 Å². The van der Waals surface area contributed by atoms with Crippen molar-refractivity contribution in [3.8, 4) is 0 Å². The van der Waals surface area contributed by atoms with Crippen molar-refractivity contribution >= 4 is 28.1 Å². The van der Waals surface area contributed by atoms with Gasteiger partial charge in [0.2, 0.25) is 0 Å². The fourth-order valence-electron chi connectivity index (χ4n) is 2.89. The Bertz CT molecular complexity index is 544. The molecule has 0 radical (unpaired) electrons. The van der Waals surface area contributed by atoms with Crippen LogP contribution in [0.25, 0.3) is 0 Å². The molecule has 1 aromatic rings. The normalized spacial score (nSPS) is 23.5. The van der Waals surface area contributed by atoms with Crippen molar-refractivity contribution in [2.45, 2.75) is 63.8 Å². The van der Waals surface area contributed by atoms with Gasteiger partial charge >= 0.3 is 0 Å². The highest BCUT2D eigenvalue weighted by molar-refractivity contribution is 7.85. The number of rotatable bonds is 6. The van der Waals surface area contributed by atoms with Crippen molar-refractivity contribution in [1.29, 1.82) is 0 Å². The van der Waals surface area contributed by atoms with Crippen LogP contribution < -0.4 is 10.6 Å². The summed E-state index contributed by atoms with van der Waals surface area (Å²) in [4.78, 5) is 10.0. The Balaban J connectivity index is 1.83. The molecule has 1 saturated carbocycles. The van der Waals surface area contributed by atoms with E-state index in [0.717, 1.165) is 48.8 Å². The van der Waals surface area contributed by atoms with Crippen LogP contribution in [0.5, 0.6) is 0 Å². The van der Waals surface area contributed by atoms with Crippen LogP contribution in [-0.4, -0.2) is 39.2 Å². The molecule has 23 heavy (non-hydrogen) atoms. The van der Waals surface area contributed by atoms with Gasteiger partial charge in [-0.05, 0) is 25.7 Å². The monoisotopic (exact) mass is 356 g/mol. The fraction of sp³-hybridized carbons (Fsp3) is 0.750. The lowest BCUT2D eigenvalue weighted by Gasteiger charge is -2.30. The number of aliphatic imine (C=N–C) groups is 1. The number of thiazole rings is 1. The molecule has 1 heterocycles. The zero-order valence-corrected chi connectivity index (χ0v) is 15.9. The van der Waals surface area contributed by atoms with E-state index in [0.29, 0.717) is 17.8 Å². The Hall–Kier alpha value is -0.950. The molecular weight excluding hydrogens is 328 g/mol. The van der Waals surface area contributed by atoms with E-state index in [9.17, 15) is 4.21 Å². The summed E-state index contributed by atoms with van der Waals surface area (Å²) in [7, 11) is 1.10. The van der Waals surface area contributed by atoms with Gasteiger partial charge in [0.25, 0.3) is 0 Å². The molecule has 1 aliphatic carbocycles. The highest BCUT2D eigenvalue weighted by Gasteiger charge is 2.26. The SMILES string of the molecule is CCc1cnc(CNC(=NC)NC2CCCC(S(=O)CC)C2)s1. The number of nitrogens with zero attached hydrogens (tertiary/aromatic N) is 2. The summed E-state index contributed by atoms with van der Waals surface area (Å²) in [5.74, 6) is 1.57. The summed E-state index contributed by atoms with van der Waals surface area (Å²) in [6.07, 6.45) is 7.29. The largest absolute Gasteiger partial charge is 0.354 e. The summed E-state index contributed by atoms with van der Waals surface area (Å²) >= 11 is 1.74. The first-order valence-electron chi connectivity index (χ1n) is 8.44. The molecular formula is C16H28N4OS2. The first kappa shape index (κ1) is 18.4. The van der Waals surface area contributed by atoms with E-state index in [2.05, 4.69) is 27.5 Å². The van der Waals surface area contributed by atoms with Crippen molar-refractivity contribution in [3.05, 3.63) is 16.1 Å². The Kier molecular flexibility index (Phi) is 7.49. The summed E-state index contributed by atoms with van der Waals surface area (Å²) in [5.41, 5.74) is 0. The van der Waals surface area contributed by atoms with E-state index in [-0.39, 0.29) is 0 Å². The third-order valence-corrected chi connectivity index (χ3v) is 7.09. The Morgan fingerprint density at radius 3 is 2.96 bits per heavy atom. The highest BCUT2D eigenvalue weighted by Crippen LogP contribution is 2.23. The smallest absolute Gasteiger partial charge is 0.191 e. The minimum atomic E-state index is -0.691. The zero-order chi connectivity index (χ0) is 16.7. The molecule has 1 aromatic heterocycles. The summed E-state index contributed by atoms with van der Waals surface area (Å²) < 4.78 is 12.0. The second-order valence-electron chi connectivity index (χ2n) is 5.80. The van der Waals surface area contributed by atoms with Crippen LogP contribution in [0.2, 0.25) is 0 Å². The number of nitrogens with one attached hydrogen (secondary N) is 2. The van der Waals surface area contributed by atoms with E-state index in [4.69, 9.17) is 0 Å². The summed E-state index contributed by atoms with van der Waals surface area (Å²) in [5, 5.41) is 8.24. The van der Waals surface area contributed by atoms with Crippen LogP contribution in [0, 0.1) is 0 Å². The lowest BCUT2D eigenvalue weighted by Crippen LogP contribution is -2.46. The topological polar surface area (TPSA) is 66.4 Å². The average Bonchev–Trinajstić information content (AvgIpc) is 3.06. The van der Waals surface area contributed by atoms with Gasteiger partial charge in [-0.2, -0.15) is 0 Å². The lowest BCUT2D eigenvalue weighted by atomic mass is 9.95. The number of aryl methyl sites for hydroxylation is 1. The van der Waals surface area contributed by atoms with E-state index >= 15 is 0 Å². The molecule has 1 aliphatic rings. The number of guanidine groups is 1. The van der Waals surface area contributed by atoms with Gasteiger partial charge in [0.1, 0.15) is 5.01 Å². The molecule has 3 atom stereocenters. The van der Waals surface area contributed by atoms with Crippen LogP contribution in [-0.2, 0) is 23.8 Å². The molecule has 0 bridgehead atoms. The van der Waals surface area contributed by atoms with E-state index < -0.39 is 10.8 Å².